The number of fused-ring (bicyclic) bond motifs is 1. The van der Waals surface area contributed by atoms with Gasteiger partial charge in [-0.15, -0.1) is 0 Å². The van der Waals surface area contributed by atoms with Gasteiger partial charge in [-0.05, 0) is 71.6 Å². The van der Waals surface area contributed by atoms with E-state index >= 15 is 0 Å². The van der Waals surface area contributed by atoms with E-state index in [1.165, 1.54) is 0 Å². The highest BCUT2D eigenvalue weighted by molar-refractivity contribution is 7.96. The highest BCUT2D eigenvalue weighted by Crippen LogP contribution is 2.29. The van der Waals surface area contributed by atoms with Gasteiger partial charge in [-0.2, -0.15) is 0 Å². The molecule has 5 nitrogen and oxygen atoms in total. The van der Waals surface area contributed by atoms with Crippen molar-refractivity contribution in [1.29, 1.82) is 0 Å². The topological polar surface area (TPSA) is 52.5 Å². The Bertz CT molecular complexity index is 668. The van der Waals surface area contributed by atoms with E-state index in [4.69, 9.17) is 9.47 Å². The van der Waals surface area contributed by atoms with Crippen LogP contribution in [0.25, 0.3) is 0 Å². The standard InChI is InChI=1S/C21H34N2O3S/c1-14(2)26-18-10-8-17(9-11-18)25-13-20-19(22-27-4)12-7-16-6-5-15(3)21(24)23(16)20/h5-6,14,17-20,22H,7-13H2,1-4H3. The maximum absolute atomic E-state index is 12.8. The molecule has 2 heterocycles. The second kappa shape index (κ2) is 9.59. The van der Waals surface area contributed by atoms with Crippen LogP contribution in [0.15, 0.2) is 16.9 Å². The minimum atomic E-state index is 0.0539. The summed E-state index contributed by atoms with van der Waals surface area (Å²) in [6.07, 6.45) is 9.16. The lowest BCUT2D eigenvalue weighted by molar-refractivity contribution is -0.0586. The highest BCUT2D eigenvalue weighted by atomic mass is 32.2. The summed E-state index contributed by atoms with van der Waals surface area (Å²) in [7, 11) is 0. The van der Waals surface area contributed by atoms with Crippen molar-refractivity contribution in [3.05, 3.63) is 33.7 Å². The fourth-order valence-corrected chi connectivity index (χ4v) is 4.95. The number of pyridine rings is 1. The van der Waals surface area contributed by atoms with E-state index < -0.39 is 0 Å². The van der Waals surface area contributed by atoms with Gasteiger partial charge in [0.05, 0.1) is 31.0 Å². The maximum Gasteiger partial charge on any atom is 0.254 e. The molecule has 1 aliphatic carbocycles. The SMILES string of the molecule is CSNC1CCc2ccc(C)c(=O)n2C1COC1CCC(OC(C)C)CC1. The van der Waals surface area contributed by atoms with E-state index in [0.29, 0.717) is 18.8 Å². The van der Waals surface area contributed by atoms with Crippen LogP contribution in [-0.2, 0) is 15.9 Å². The highest BCUT2D eigenvalue weighted by Gasteiger charge is 2.32. The van der Waals surface area contributed by atoms with Crippen molar-refractivity contribution in [3.63, 3.8) is 0 Å². The predicted molar refractivity (Wildman–Crippen MR) is 111 cm³/mol. The molecular weight excluding hydrogens is 360 g/mol. The summed E-state index contributed by atoms with van der Waals surface area (Å²) in [6, 6.07) is 4.36. The van der Waals surface area contributed by atoms with Gasteiger partial charge >= 0.3 is 0 Å². The van der Waals surface area contributed by atoms with Crippen molar-refractivity contribution < 1.29 is 9.47 Å². The zero-order chi connectivity index (χ0) is 19.4. The molecule has 0 bridgehead atoms. The first-order valence-electron chi connectivity index (χ1n) is 10.3. The molecule has 0 saturated heterocycles. The number of ether oxygens (including phenoxy) is 2. The van der Waals surface area contributed by atoms with Gasteiger partial charge in [0.1, 0.15) is 0 Å². The van der Waals surface area contributed by atoms with E-state index in [0.717, 1.165) is 49.8 Å². The van der Waals surface area contributed by atoms with E-state index in [9.17, 15) is 4.79 Å². The average Bonchev–Trinajstić information content (AvgIpc) is 2.65. The number of rotatable bonds is 7. The van der Waals surface area contributed by atoms with Gasteiger partial charge < -0.3 is 14.0 Å². The smallest absolute Gasteiger partial charge is 0.254 e. The first kappa shape index (κ1) is 20.9. The fraction of sp³-hybridized carbons (Fsp3) is 0.762. The zero-order valence-corrected chi connectivity index (χ0v) is 17.9. The third-order valence-electron chi connectivity index (χ3n) is 5.76. The van der Waals surface area contributed by atoms with Crippen LogP contribution in [-0.4, -0.2) is 41.8 Å². The first-order chi connectivity index (χ1) is 13.0. The number of nitrogens with zero attached hydrogens (tertiary/aromatic N) is 1. The Balaban J connectivity index is 1.66. The summed E-state index contributed by atoms with van der Waals surface area (Å²) in [4.78, 5) is 12.8. The summed E-state index contributed by atoms with van der Waals surface area (Å²) >= 11 is 1.63. The molecule has 0 radical (unpaired) electrons. The molecule has 0 aromatic carbocycles. The number of hydrogen-bond acceptors (Lipinski definition) is 5. The van der Waals surface area contributed by atoms with Crippen LogP contribution in [0.1, 0.15) is 63.3 Å². The minimum Gasteiger partial charge on any atom is -0.376 e. The lowest BCUT2D eigenvalue weighted by atomic mass is 9.94. The Labute approximate surface area is 167 Å². The number of hydrogen-bond donors (Lipinski definition) is 1. The summed E-state index contributed by atoms with van der Waals surface area (Å²) in [6.45, 7) is 6.69. The minimum absolute atomic E-state index is 0.0539. The molecule has 0 spiro atoms. The Kier molecular flexibility index (Phi) is 7.42. The quantitative estimate of drug-likeness (QED) is 0.716. The molecule has 3 rings (SSSR count). The van der Waals surface area contributed by atoms with Gasteiger partial charge in [-0.25, -0.2) is 0 Å². The van der Waals surface area contributed by atoms with Crippen molar-refractivity contribution in [2.75, 3.05) is 12.9 Å². The lowest BCUT2D eigenvalue weighted by Gasteiger charge is -2.37. The lowest BCUT2D eigenvalue weighted by Crippen LogP contribution is -2.46. The monoisotopic (exact) mass is 394 g/mol. The van der Waals surface area contributed by atoms with Crippen LogP contribution in [0.3, 0.4) is 0 Å². The van der Waals surface area contributed by atoms with E-state index in [1.807, 2.05) is 23.8 Å². The third-order valence-corrected chi connectivity index (χ3v) is 6.30. The Hall–Kier alpha value is -0.820. The molecule has 2 aliphatic rings. The van der Waals surface area contributed by atoms with Crippen molar-refractivity contribution >= 4 is 11.9 Å². The molecule has 6 heteroatoms. The summed E-state index contributed by atoms with van der Waals surface area (Å²) < 4.78 is 17.8. The molecule has 27 heavy (non-hydrogen) atoms. The molecule has 1 N–H and O–H groups in total. The normalized spacial score (nSPS) is 28.3. The fourth-order valence-electron chi connectivity index (χ4n) is 4.37. The zero-order valence-electron chi connectivity index (χ0n) is 17.1. The van der Waals surface area contributed by atoms with Crippen LogP contribution in [0.4, 0.5) is 0 Å². The summed E-state index contributed by atoms with van der Waals surface area (Å²) in [5, 5.41) is 0. The first-order valence-corrected chi connectivity index (χ1v) is 11.5. The summed E-state index contributed by atoms with van der Waals surface area (Å²) in [5.41, 5.74) is 2.06. The van der Waals surface area contributed by atoms with Gasteiger partial charge in [0.15, 0.2) is 0 Å². The Morgan fingerprint density at radius 1 is 1.19 bits per heavy atom. The molecule has 1 aliphatic heterocycles. The van der Waals surface area contributed by atoms with Crippen molar-refractivity contribution in [2.24, 2.45) is 0 Å². The number of nitrogens with one attached hydrogen (secondary N) is 1. The molecule has 152 valence electrons. The largest absolute Gasteiger partial charge is 0.376 e. The predicted octanol–water partition coefficient (Wildman–Crippen LogP) is 3.63. The number of aromatic nitrogens is 1. The van der Waals surface area contributed by atoms with Gasteiger partial charge in [0.25, 0.3) is 5.56 Å². The Morgan fingerprint density at radius 2 is 1.89 bits per heavy atom. The molecular formula is C21H34N2O3S. The molecule has 0 amide bonds. The van der Waals surface area contributed by atoms with Crippen LogP contribution >= 0.6 is 11.9 Å². The van der Waals surface area contributed by atoms with Gasteiger partial charge in [0.2, 0.25) is 0 Å². The molecule has 2 unspecified atom stereocenters. The third kappa shape index (κ3) is 5.17. The van der Waals surface area contributed by atoms with Crippen molar-refractivity contribution in [2.45, 2.75) is 89.7 Å². The van der Waals surface area contributed by atoms with Gasteiger partial charge in [-0.1, -0.05) is 18.0 Å². The second-order valence-electron chi connectivity index (χ2n) is 8.13. The van der Waals surface area contributed by atoms with Crippen molar-refractivity contribution in [3.8, 4) is 0 Å². The average molecular weight is 395 g/mol. The van der Waals surface area contributed by atoms with E-state index in [2.05, 4.69) is 24.6 Å². The van der Waals surface area contributed by atoms with Crippen LogP contribution in [0.5, 0.6) is 0 Å². The van der Waals surface area contributed by atoms with Crippen molar-refractivity contribution in [1.82, 2.24) is 9.29 Å². The molecule has 1 fully saturated rings. The van der Waals surface area contributed by atoms with Crippen LogP contribution < -0.4 is 10.3 Å². The Morgan fingerprint density at radius 3 is 2.56 bits per heavy atom. The molecule has 1 aromatic heterocycles. The van der Waals surface area contributed by atoms with Crippen LogP contribution in [0.2, 0.25) is 0 Å². The van der Waals surface area contributed by atoms with Crippen LogP contribution in [0, 0.1) is 6.92 Å². The molecule has 2 atom stereocenters. The second-order valence-corrected chi connectivity index (χ2v) is 8.78. The summed E-state index contributed by atoms with van der Waals surface area (Å²) in [5.74, 6) is 0. The van der Waals surface area contributed by atoms with E-state index in [-0.39, 0.29) is 23.7 Å². The molecule has 1 aromatic rings. The van der Waals surface area contributed by atoms with Gasteiger partial charge in [0, 0.05) is 17.3 Å². The number of aryl methyl sites for hydroxylation is 2. The van der Waals surface area contributed by atoms with E-state index in [1.54, 1.807) is 11.9 Å². The molecule has 1 saturated carbocycles. The van der Waals surface area contributed by atoms with Gasteiger partial charge in [-0.3, -0.25) is 9.52 Å². The maximum atomic E-state index is 12.8.